The third kappa shape index (κ3) is 3.24. The molecule has 1 aliphatic heterocycles. The van der Waals surface area contributed by atoms with E-state index in [1.165, 1.54) is 0 Å². The van der Waals surface area contributed by atoms with Crippen molar-refractivity contribution in [3.05, 3.63) is 11.9 Å². The van der Waals surface area contributed by atoms with Crippen LogP contribution in [0.3, 0.4) is 0 Å². The van der Waals surface area contributed by atoms with Crippen molar-refractivity contribution in [3.8, 4) is 0 Å². The summed E-state index contributed by atoms with van der Waals surface area (Å²) in [5, 5.41) is 8.05. The number of ether oxygens (including phenoxy) is 1. The average Bonchev–Trinajstić information content (AvgIpc) is 2.61. The molecule has 2 N–H and O–H groups in total. The number of nitrogens with two attached hydrogens (primary N) is 1. The Kier molecular flexibility index (Phi) is 3.46. The second-order valence-corrected chi connectivity index (χ2v) is 5.29. The summed E-state index contributed by atoms with van der Waals surface area (Å²) in [7, 11) is 1.88. The van der Waals surface area contributed by atoms with Gasteiger partial charge in [0.05, 0.1) is 17.4 Å². The van der Waals surface area contributed by atoms with Gasteiger partial charge in [-0.25, -0.2) is 0 Å². The fourth-order valence-corrected chi connectivity index (χ4v) is 2.36. The molecule has 6 nitrogen and oxygen atoms in total. The van der Waals surface area contributed by atoms with Crippen LogP contribution in [-0.4, -0.2) is 51.2 Å². The van der Waals surface area contributed by atoms with Crippen LogP contribution >= 0.6 is 0 Å². The van der Waals surface area contributed by atoms with Gasteiger partial charge in [-0.05, 0) is 13.8 Å². The van der Waals surface area contributed by atoms with E-state index in [0.717, 1.165) is 25.3 Å². The van der Waals surface area contributed by atoms with Gasteiger partial charge in [0.2, 0.25) is 0 Å². The van der Waals surface area contributed by atoms with Gasteiger partial charge in [0.15, 0.2) is 0 Å². The van der Waals surface area contributed by atoms with E-state index < -0.39 is 0 Å². The van der Waals surface area contributed by atoms with Gasteiger partial charge in [0.1, 0.15) is 0 Å². The van der Waals surface area contributed by atoms with Crippen LogP contribution in [0.1, 0.15) is 19.5 Å². The lowest BCUT2D eigenvalue weighted by Gasteiger charge is -2.42. The summed E-state index contributed by atoms with van der Waals surface area (Å²) in [4.78, 5) is 2.32. The lowest BCUT2D eigenvalue weighted by Crippen LogP contribution is -2.54. The maximum Gasteiger partial charge on any atom is 0.0967 e. The Labute approximate surface area is 102 Å². The van der Waals surface area contributed by atoms with E-state index in [4.69, 9.17) is 10.5 Å². The van der Waals surface area contributed by atoms with Crippen LogP contribution in [-0.2, 0) is 18.3 Å². The molecular formula is C11H21N5O. The number of aryl methyl sites for hydroxylation is 1. The van der Waals surface area contributed by atoms with Crippen LogP contribution < -0.4 is 5.73 Å². The number of aromatic nitrogens is 3. The van der Waals surface area contributed by atoms with Gasteiger partial charge in [-0.1, -0.05) is 5.21 Å². The Balaban J connectivity index is 2.00. The Hall–Kier alpha value is -0.980. The van der Waals surface area contributed by atoms with Gasteiger partial charge < -0.3 is 10.5 Å². The molecule has 1 unspecified atom stereocenters. The molecule has 1 aromatic rings. The Morgan fingerprint density at radius 3 is 2.94 bits per heavy atom. The standard InChI is InChI=1S/C11H21N5O/c1-11(2)8-16(7-10(4-12)17-11)6-9-5-15(3)14-13-9/h5,10H,4,6-8,12H2,1-3H3. The third-order valence-corrected chi connectivity index (χ3v) is 2.85. The first-order chi connectivity index (χ1) is 7.98. The van der Waals surface area contributed by atoms with Crippen molar-refractivity contribution in [3.63, 3.8) is 0 Å². The van der Waals surface area contributed by atoms with Gasteiger partial charge in [-0.3, -0.25) is 9.58 Å². The number of hydrogen-bond acceptors (Lipinski definition) is 5. The van der Waals surface area contributed by atoms with Gasteiger partial charge in [0.25, 0.3) is 0 Å². The van der Waals surface area contributed by atoms with Gasteiger partial charge >= 0.3 is 0 Å². The number of hydrogen-bond donors (Lipinski definition) is 1. The summed E-state index contributed by atoms with van der Waals surface area (Å²) in [6.07, 6.45) is 2.05. The molecule has 2 heterocycles. The predicted molar refractivity (Wildman–Crippen MR) is 64.3 cm³/mol. The molecule has 0 bridgehead atoms. The van der Waals surface area contributed by atoms with Crippen LogP contribution in [0.2, 0.25) is 0 Å². The van der Waals surface area contributed by atoms with Gasteiger partial charge in [-0.15, -0.1) is 5.10 Å². The summed E-state index contributed by atoms with van der Waals surface area (Å²) >= 11 is 0. The molecule has 17 heavy (non-hydrogen) atoms. The van der Waals surface area contributed by atoms with Crippen molar-refractivity contribution in [1.82, 2.24) is 19.9 Å². The third-order valence-electron chi connectivity index (χ3n) is 2.85. The number of rotatable bonds is 3. The molecule has 0 radical (unpaired) electrons. The first kappa shape index (κ1) is 12.5. The Morgan fingerprint density at radius 2 is 2.35 bits per heavy atom. The molecular weight excluding hydrogens is 218 g/mol. The fraction of sp³-hybridized carbons (Fsp3) is 0.818. The Bertz CT molecular complexity index is 376. The SMILES string of the molecule is Cn1cc(CN2CC(CN)OC(C)(C)C2)nn1. The zero-order valence-corrected chi connectivity index (χ0v) is 10.8. The molecule has 2 rings (SSSR count). The van der Waals surface area contributed by atoms with Crippen LogP contribution in [0.25, 0.3) is 0 Å². The van der Waals surface area contributed by atoms with Gasteiger partial charge in [0, 0.05) is 39.4 Å². The van der Waals surface area contributed by atoms with E-state index in [1.807, 2.05) is 13.2 Å². The lowest BCUT2D eigenvalue weighted by molar-refractivity contribution is -0.134. The van der Waals surface area contributed by atoms with E-state index in [0.29, 0.717) is 6.54 Å². The fourth-order valence-electron chi connectivity index (χ4n) is 2.36. The van der Waals surface area contributed by atoms with E-state index in [9.17, 15) is 0 Å². The highest BCUT2D eigenvalue weighted by Gasteiger charge is 2.32. The van der Waals surface area contributed by atoms with E-state index in [-0.39, 0.29) is 11.7 Å². The molecule has 96 valence electrons. The van der Waals surface area contributed by atoms with Crippen LogP contribution in [0.4, 0.5) is 0 Å². The van der Waals surface area contributed by atoms with E-state index >= 15 is 0 Å². The quantitative estimate of drug-likeness (QED) is 0.788. The lowest BCUT2D eigenvalue weighted by atomic mass is 10.1. The molecule has 0 saturated carbocycles. The van der Waals surface area contributed by atoms with Crippen LogP contribution in [0.5, 0.6) is 0 Å². The largest absolute Gasteiger partial charge is 0.368 e. The molecule has 0 amide bonds. The highest BCUT2D eigenvalue weighted by Crippen LogP contribution is 2.21. The summed E-state index contributed by atoms with van der Waals surface area (Å²) in [5.74, 6) is 0. The summed E-state index contributed by atoms with van der Waals surface area (Å²) < 4.78 is 7.61. The van der Waals surface area contributed by atoms with Crippen molar-refractivity contribution < 1.29 is 4.74 Å². The number of morpholine rings is 1. The molecule has 0 aliphatic carbocycles. The molecule has 6 heteroatoms. The summed E-state index contributed by atoms with van der Waals surface area (Å²) in [6, 6.07) is 0. The minimum atomic E-state index is -0.148. The number of nitrogens with zero attached hydrogens (tertiary/aromatic N) is 4. The van der Waals surface area contributed by atoms with Crippen molar-refractivity contribution in [2.75, 3.05) is 19.6 Å². The van der Waals surface area contributed by atoms with Crippen molar-refractivity contribution in [1.29, 1.82) is 0 Å². The smallest absolute Gasteiger partial charge is 0.0967 e. The minimum absolute atomic E-state index is 0.107. The van der Waals surface area contributed by atoms with Crippen molar-refractivity contribution in [2.45, 2.75) is 32.1 Å². The maximum absolute atomic E-state index is 5.89. The van der Waals surface area contributed by atoms with Crippen LogP contribution in [0.15, 0.2) is 6.20 Å². The van der Waals surface area contributed by atoms with E-state index in [2.05, 4.69) is 29.1 Å². The van der Waals surface area contributed by atoms with Crippen molar-refractivity contribution in [2.24, 2.45) is 12.8 Å². The zero-order chi connectivity index (χ0) is 12.5. The average molecular weight is 239 g/mol. The second-order valence-electron chi connectivity index (χ2n) is 5.29. The first-order valence-electron chi connectivity index (χ1n) is 5.94. The molecule has 0 aromatic carbocycles. The van der Waals surface area contributed by atoms with E-state index in [1.54, 1.807) is 4.68 Å². The highest BCUT2D eigenvalue weighted by atomic mass is 16.5. The Morgan fingerprint density at radius 1 is 1.59 bits per heavy atom. The molecule has 1 fully saturated rings. The first-order valence-corrected chi connectivity index (χ1v) is 5.94. The minimum Gasteiger partial charge on any atom is -0.368 e. The van der Waals surface area contributed by atoms with Crippen LogP contribution in [0, 0.1) is 0 Å². The second kappa shape index (κ2) is 4.72. The normalized spacial score (nSPS) is 25.1. The topological polar surface area (TPSA) is 69.2 Å². The molecule has 1 aromatic heterocycles. The van der Waals surface area contributed by atoms with Crippen molar-refractivity contribution >= 4 is 0 Å². The maximum atomic E-state index is 5.89. The summed E-state index contributed by atoms with van der Waals surface area (Å²) in [5.41, 5.74) is 6.54. The molecule has 0 spiro atoms. The predicted octanol–water partition coefficient (Wildman–Crippen LogP) is -0.247. The molecule has 1 saturated heterocycles. The highest BCUT2D eigenvalue weighted by molar-refractivity contribution is 4.94. The molecule has 1 atom stereocenters. The molecule has 1 aliphatic rings. The zero-order valence-electron chi connectivity index (χ0n) is 10.8. The van der Waals surface area contributed by atoms with Gasteiger partial charge in [-0.2, -0.15) is 0 Å². The monoisotopic (exact) mass is 239 g/mol. The summed E-state index contributed by atoms with van der Waals surface area (Å²) in [6.45, 7) is 7.30.